The predicted molar refractivity (Wildman–Crippen MR) is 106 cm³/mol. The molecule has 0 saturated heterocycles. The van der Waals surface area contributed by atoms with Crippen molar-refractivity contribution in [2.24, 2.45) is 0 Å². The van der Waals surface area contributed by atoms with Gasteiger partial charge in [-0.3, -0.25) is 4.72 Å². The lowest BCUT2D eigenvalue weighted by Gasteiger charge is -2.22. The van der Waals surface area contributed by atoms with Crippen molar-refractivity contribution in [2.75, 3.05) is 39.0 Å². The quantitative estimate of drug-likeness (QED) is 0.731. The Kier molecular flexibility index (Phi) is 6.25. The van der Waals surface area contributed by atoms with Crippen LogP contribution in [-0.4, -0.2) is 49.0 Å². The van der Waals surface area contributed by atoms with E-state index < -0.39 is 0 Å². The number of benzene rings is 1. The average molecular weight is 363 g/mol. The lowest BCUT2D eigenvalue weighted by molar-refractivity contribution is 0.256. The number of carbonyl (C=O) groups excluding carboxylic acids is 1. The maximum atomic E-state index is 12.5. The topological polar surface area (TPSA) is 47.6 Å². The first-order valence-electron chi connectivity index (χ1n) is 9.38. The number of anilines is 1. The third-order valence-corrected chi connectivity index (χ3v) is 6.10. The van der Waals surface area contributed by atoms with Crippen LogP contribution in [0.15, 0.2) is 6.07 Å². The first-order chi connectivity index (χ1) is 12.1. The molecule has 0 aliphatic heterocycles. The number of fused-ring (bicyclic) bond motifs is 2. The molecule has 0 heterocycles. The molecule has 0 saturated carbocycles. The molecule has 2 amide bonds. The summed E-state index contributed by atoms with van der Waals surface area (Å²) >= 11 is 1.40. The van der Waals surface area contributed by atoms with Gasteiger partial charge in [0, 0.05) is 37.5 Å². The summed E-state index contributed by atoms with van der Waals surface area (Å²) < 4.78 is 5.13. The van der Waals surface area contributed by atoms with E-state index in [4.69, 9.17) is 0 Å². The summed E-state index contributed by atoms with van der Waals surface area (Å²) in [6.07, 6.45) is 6.91. The van der Waals surface area contributed by atoms with Crippen molar-refractivity contribution in [3.8, 4) is 0 Å². The van der Waals surface area contributed by atoms with E-state index in [1.807, 2.05) is 0 Å². The van der Waals surface area contributed by atoms with Crippen molar-refractivity contribution >= 4 is 23.9 Å². The Morgan fingerprint density at radius 1 is 1.08 bits per heavy atom. The maximum absolute atomic E-state index is 12.5. The number of amides is 2. The molecule has 1 aromatic carbocycles. The highest BCUT2D eigenvalue weighted by Gasteiger charge is 2.25. The summed E-state index contributed by atoms with van der Waals surface area (Å²) in [5.41, 5.74) is 6.76. The van der Waals surface area contributed by atoms with Crippen LogP contribution < -0.4 is 10.0 Å². The number of carbonyl (C=O) groups is 1. The molecule has 1 aromatic rings. The Morgan fingerprint density at radius 2 is 1.72 bits per heavy atom. The number of hydrogen-bond donors (Lipinski definition) is 2. The zero-order valence-electron chi connectivity index (χ0n) is 15.7. The number of rotatable bonds is 7. The second-order valence-corrected chi connectivity index (χ2v) is 8.11. The fourth-order valence-electron chi connectivity index (χ4n) is 3.79. The summed E-state index contributed by atoms with van der Waals surface area (Å²) in [6, 6.07) is 2.28. The van der Waals surface area contributed by atoms with Crippen LogP contribution in [0.4, 0.5) is 10.5 Å². The minimum Gasteiger partial charge on any atom is -0.308 e. The number of aryl methyl sites for hydroxylation is 2. The Labute approximate surface area is 155 Å². The summed E-state index contributed by atoms with van der Waals surface area (Å²) in [4.78, 5) is 14.6. The molecule has 0 unspecified atom stereocenters. The van der Waals surface area contributed by atoms with Gasteiger partial charge < -0.3 is 10.2 Å². The second-order valence-electron chi connectivity index (χ2n) is 7.21. The molecule has 3 rings (SSSR count). The highest BCUT2D eigenvalue weighted by Crippen LogP contribution is 2.38. The van der Waals surface area contributed by atoms with E-state index in [0.717, 1.165) is 51.0 Å². The average Bonchev–Trinajstić information content (AvgIpc) is 3.23. The molecular weight excluding hydrogens is 332 g/mol. The summed E-state index contributed by atoms with van der Waals surface area (Å²) in [5.74, 6) is 0. The Hall–Kier alpha value is -1.24. The fourth-order valence-corrected chi connectivity index (χ4v) is 4.36. The zero-order valence-corrected chi connectivity index (χ0v) is 16.5. The molecule has 2 aliphatic rings. The third-order valence-electron chi connectivity index (χ3n) is 5.13. The maximum Gasteiger partial charge on any atom is 0.330 e. The zero-order chi connectivity index (χ0) is 17.8. The molecule has 0 fully saturated rings. The van der Waals surface area contributed by atoms with Crippen LogP contribution >= 0.6 is 12.1 Å². The van der Waals surface area contributed by atoms with Crippen LogP contribution in [-0.2, 0) is 25.7 Å². The van der Waals surface area contributed by atoms with E-state index >= 15 is 0 Å². The molecule has 138 valence electrons. The minimum absolute atomic E-state index is 0.109. The monoisotopic (exact) mass is 362 g/mol. The molecule has 5 nitrogen and oxygen atoms in total. The summed E-state index contributed by atoms with van der Waals surface area (Å²) in [7, 11) is 4.13. The Balaban J connectivity index is 1.62. The van der Waals surface area contributed by atoms with Crippen molar-refractivity contribution in [1.82, 2.24) is 13.9 Å². The Bertz CT molecular complexity index is 600. The van der Waals surface area contributed by atoms with E-state index in [-0.39, 0.29) is 6.03 Å². The first kappa shape index (κ1) is 18.5. The van der Waals surface area contributed by atoms with Gasteiger partial charge in [-0.05, 0) is 74.9 Å². The normalized spacial score (nSPS) is 15.6. The molecule has 25 heavy (non-hydrogen) atoms. The van der Waals surface area contributed by atoms with Gasteiger partial charge in [0.25, 0.3) is 0 Å². The molecule has 0 atom stereocenters. The molecule has 0 radical (unpaired) electrons. The fraction of sp³-hybridized carbons (Fsp3) is 0.632. The van der Waals surface area contributed by atoms with E-state index in [9.17, 15) is 4.79 Å². The smallest absolute Gasteiger partial charge is 0.308 e. The SMILES string of the molecule is CCN(CCN(C)C)SNC(=O)Nc1c2c(cc3c1CCC3)CCC2. The van der Waals surface area contributed by atoms with Gasteiger partial charge in [-0.2, -0.15) is 0 Å². The first-order valence-corrected chi connectivity index (χ1v) is 10.2. The largest absolute Gasteiger partial charge is 0.330 e. The van der Waals surface area contributed by atoms with E-state index in [1.165, 1.54) is 47.2 Å². The summed E-state index contributed by atoms with van der Waals surface area (Å²) in [5, 5.41) is 3.18. The van der Waals surface area contributed by atoms with Gasteiger partial charge in [-0.1, -0.05) is 13.0 Å². The molecule has 0 spiro atoms. The predicted octanol–water partition coefficient (Wildman–Crippen LogP) is 3.23. The van der Waals surface area contributed by atoms with Crippen LogP contribution in [0.2, 0.25) is 0 Å². The van der Waals surface area contributed by atoms with Crippen LogP contribution in [0.1, 0.15) is 42.0 Å². The molecule has 6 heteroatoms. The van der Waals surface area contributed by atoms with Gasteiger partial charge in [0.05, 0.1) is 0 Å². The standard InChI is InChI=1S/C19H30N4OS/c1-4-23(12-11-22(2)3)25-21-19(24)20-18-16-9-5-7-14(16)13-15-8-6-10-17(15)18/h13H,4-12H2,1-3H3,(H2,20,21,24). The molecular formula is C19H30N4OS. The van der Waals surface area contributed by atoms with Gasteiger partial charge in [0.15, 0.2) is 0 Å². The van der Waals surface area contributed by atoms with Crippen LogP contribution in [0.25, 0.3) is 0 Å². The van der Waals surface area contributed by atoms with Gasteiger partial charge in [0.1, 0.15) is 0 Å². The van der Waals surface area contributed by atoms with E-state index in [0.29, 0.717) is 0 Å². The number of urea groups is 1. The molecule has 0 bridgehead atoms. The van der Waals surface area contributed by atoms with Gasteiger partial charge in [-0.25, -0.2) is 9.10 Å². The lowest BCUT2D eigenvalue weighted by atomic mass is 9.99. The highest BCUT2D eigenvalue weighted by atomic mass is 32.2. The van der Waals surface area contributed by atoms with Crippen LogP contribution in [0, 0.1) is 0 Å². The van der Waals surface area contributed by atoms with Crippen molar-refractivity contribution in [2.45, 2.75) is 45.4 Å². The summed E-state index contributed by atoms with van der Waals surface area (Å²) in [6.45, 7) is 4.91. The van der Waals surface area contributed by atoms with Gasteiger partial charge >= 0.3 is 6.03 Å². The Morgan fingerprint density at radius 3 is 2.28 bits per heavy atom. The van der Waals surface area contributed by atoms with Crippen LogP contribution in [0.5, 0.6) is 0 Å². The van der Waals surface area contributed by atoms with Crippen molar-refractivity contribution in [3.05, 3.63) is 28.3 Å². The number of nitrogens with one attached hydrogen (secondary N) is 2. The highest BCUT2D eigenvalue weighted by molar-refractivity contribution is 7.95. The van der Waals surface area contributed by atoms with E-state index in [1.54, 1.807) is 0 Å². The van der Waals surface area contributed by atoms with Gasteiger partial charge in [-0.15, -0.1) is 0 Å². The van der Waals surface area contributed by atoms with Crippen molar-refractivity contribution < 1.29 is 4.79 Å². The minimum atomic E-state index is -0.109. The number of likely N-dealkylation sites (N-methyl/N-ethyl adjacent to an activating group) is 2. The number of nitrogens with zero attached hydrogens (tertiary/aromatic N) is 2. The van der Waals surface area contributed by atoms with Crippen molar-refractivity contribution in [1.29, 1.82) is 0 Å². The van der Waals surface area contributed by atoms with Gasteiger partial charge in [0.2, 0.25) is 0 Å². The second kappa shape index (κ2) is 8.43. The lowest BCUT2D eigenvalue weighted by Crippen LogP contribution is -2.33. The van der Waals surface area contributed by atoms with Crippen LogP contribution in [0.3, 0.4) is 0 Å². The third kappa shape index (κ3) is 4.49. The molecule has 2 aliphatic carbocycles. The molecule has 0 aromatic heterocycles. The van der Waals surface area contributed by atoms with Crippen molar-refractivity contribution in [3.63, 3.8) is 0 Å². The molecule has 2 N–H and O–H groups in total. The number of hydrogen-bond acceptors (Lipinski definition) is 4. The van der Waals surface area contributed by atoms with E-state index in [2.05, 4.69) is 46.3 Å².